The molecule has 3 rings (SSSR count). The molecule has 0 atom stereocenters. The van der Waals surface area contributed by atoms with Crippen LogP contribution in [0.3, 0.4) is 0 Å². The molecule has 19 heavy (non-hydrogen) atoms. The molecule has 1 heterocycles. The number of hydrogen-bond donors (Lipinski definition) is 1. The first kappa shape index (κ1) is 12.3. The van der Waals surface area contributed by atoms with Gasteiger partial charge in [0.25, 0.3) is 0 Å². The topological polar surface area (TPSA) is 43.8 Å². The largest absolute Gasteiger partial charge is 0.384 e. The van der Waals surface area contributed by atoms with Crippen molar-refractivity contribution in [3.63, 3.8) is 0 Å². The molecule has 1 aromatic carbocycles. The molecule has 2 N–H and O–H groups in total. The number of nitrogens with two attached hydrogens (primary N) is 1. The van der Waals surface area contributed by atoms with E-state index in [4.69, 9.17) is 10.8 Å². The summed E-state index contributed by atoms with van der Waals surface area (Å²) < 4.78 is 2.04. The molecule has 0 bridgehead atoms. The van der Waals surface area contributed by atoms with Crippen LogP contribution in [0.15, 0.2) is 30.3 Å². The maximum atomic E-state index is 6.15. The number of nitrogens with zero attached hydrogens (tertiary/aromatic N) is 2. The maximum absolute atomic E-state index is 6.15. The van der Waals surface area contributed by atoms with E-state index >= 15 is 0 Å². The Hall–Kier alpha value is -1.77. The zero-order valence-electron chi connectivity index (χ0n) is 11.5. The lowest BCUT2D eigenvalue weighted by molar-refractivity contribution is 0.333. The first-order valence-electron chi connectivity index (χ1n) is 7.16. The van der Waals surface area contributed by atoms with Crippen molar-refractivity contribution in [2.45, 2.75) is 45.1 Å². The summed E-state index contributed by atoms with van der Waals surface area (Å²) in [5.74, 6) is 0.795. The lowest BCUT2D eigenvalue weighted by atomic mass is 9.96. The van der Waals surface area contributed by atoms with Crippen LogP contribution in [-0.2, 0) is 0 Å². The lowest BCUT2D eigenvalue weighted by Crippen LogP contribution is -2.16. The Kier molecular flexibility index (Phi) is 3.28. The van der Waals surface area contributed by atoms with E-state index in [2.05, 4.69) is 31.2 Å². The molecule has 0 saturated heterocycles. The van der Waals surface area contributed by atoms with Crippen LogP contribution < -0.4 is 5.73 Å². The molecule has 0 spiro atoms. The Balaban J connectivity index is 1.92. The van der Waals surface area contributed by atoms with E-state index < -0.39 is 0 Å². The fourth-order valence-electron chi connectivity index (χ4n) is 2.97. The van der Waals surface area contributed by atoms with E-state index in [1.54, 1.807) is 0 Å². The Morgan fingerprint density at radius 1 is 1.16 bits per heavy atom. The van der Waals surface area contributed by atoms with Crippen LogP contribution >= 0.6 is 0 Å². The van der Waals surface area contributed by atoms with Crippen molar-refractivity contribution in [3.05, 3.63) is 35.9 Å². The smallest absolute Gasteiger partial charge is 0.122 e. The zero-order valence-corrected chi connectivity index (χ0v) is 11.5. The predicted molar refractivity (Wildman–Crippen MR) is 78.9 cm³/mol. The van der Waals surface area contributed by atoms with Crippen molar-refractivity contribution in [2.24, 2.45) is 0 Å². The molecule has 0 aliphatic heterocycles. The number of rotatable bonds is 2. The first-order valence-corrected chi connectivity index (χ1v) is 7.16. The van der Waals surface area contributed by atoms with Gasteiger partial charge < -0.3 is 5.73 Å². The molecule has 100 valence electrons. The molecule has 2 aromatic rings. The molecular formula is C16H21N3. The second kappa shape index (κ2) is 5.08. The Labute approximate surface area is 114 Å². The number of nitrogen functional groups attached to an aromatic ring is 1. The molecule has 1 fully saturated rings. The molecule has 0 amide bonds. The van der Waals surface area contributed by atoms with Gasteiger partial charge in [0, 0.05) is 11.6 Å². The summed E-state index contributed by atoms with van der Waals surface area (Å²) in [4.78, 5) is 0. The van der Waals surface area contributed by atoms with E-state index in [9.17, 15) is 0 Å². The summed E-state index contributed by atoms with van der Waals surface area (Å²) >= 11 is 0. The molecule has 1 aliphatic rings. The minimum absolute atomic E-state index is 0.493. The van der Waals surface area contributed by atoms with Crippen LogP contribution in [0.2, 0.25) is 0 Å². The van der Waals surface area contributed by atoms with Gasteiger partial charge in [-0.2, -0.15) is 5.10 Å². The molecule has 0 unspecified atom stereocenters. The highest BCUT2D eigenvalue weighted by Gasteiger charge is 2.19. The number of anilines is 1. The monoisotopic (exact) mass is 255 g/mol. The fraction of sp³-hybridized carbons (Fsp3) is 0.438. The van der Waals surface area contributed by atoms with Crippen molar-refractivity contribution < 1.29 is 0 Å². The summed E-state index contributed by atoms with van der Waals surface area (Å²) in [7, 11) is 0. The molecular weight excluding hydrogens is 234 g/mol. The van der Waals surface area contributed by atoms with Crippen molar-refractivity contribution in [2.75, 3.05) is 5.73 Å². The van der Waals surface area contributed by atoms with Gasteiger partial charge in [-0.3, -0.25) is 0 Å². The molecule has 1 aromatic heterocycles. The summed E-state index contributed by atoms with van der Waals surface area (Å²) in [5.41, 5.74) is 9.55. The third kappa shape index (κ3) is 2.50. The van der Waals surface area contributed by atoms with Crippen LogP contribution in [-0.4, -0.2) is 9.78 Å². The van der Waals surface area contributed by atoms with Crippen molar-refractivity contribution >= 4 is 5.82 Å². The Bertz CT molecular complexity index is 565. The first-order chi connectivity index (χ1) is 9.24. The van der Waals surface area contributed by atoms with Crippen molar-refractivity contribution in [1.82, 2.24) is 9.78 Å². The average molecular weight is 255 g/mol. The van der Waals surface area contributed by atoms with Gasteiger partial charge in [-0.25, -0.2) is 4.68 Å². The second-order valence-corrected chi connectivity index (χ2v) is 5.56. The van der Waals surface area contributed by atoms with E-state index in [0.717, 1.165) is 17.1 Å². The number of benzene rings is 1. The van der Waals surface area contributed by atoms with E-state index in [1.165, 1.54) is 37.7 Å². The van der Waals surface area contributed by atoms with Crippen LogP contribution in [0.4, 0.5) is 5.82 Å². The summed E-state index contributed by atoms with van der Waals surface area (Å²) in [6.07, 6.45) is 6.36. The average Bonchev–Trinajstić information content (AvgIpc) is 2.82. The fourth-order valence-corrected chi connectivity index (χ4v) is 2.97. The van der Waals surface area contributed by atoms with Crippen LogP contribution in [0, 0.1) is 6.92 Å². The number of aromatic nitrogens is 2. The van der Waals surface area contributed by atoms with Gasteiger partial charge in [0.15, 0.2) is 0 Å². The standard InChI is InChI=1S/C16H21N3/c1-12-6-5-7-13(10-12)15-11-16(17)19(18-15)14-8-3-2-4-9-14/h5-7,10-11,14H,2-4,8-9,17H2,1H3. The third-order valence-electron chi connectivity index (χ3n) is 4.00. The normalized spacial score (nSPS) is 16.7. The zero-order chi connectivity index (χ0) is 13.2. The van der Waals surface area contributed by atoms with E-state index in [0.29, 0.717) is 6.04 Å². The number of aryl methyl sites for hydroxylation is 1. The minimum Gasteiger partial charge on any atom is -0.384 e. The Morgan fingerprint density at radius 2 is 1.95 bits per heavy atom. The highest BCUT2D eigenvalue weighted by molar-refractivity contribution is 5.63. The summed E-state index contributed by atoms with van der Waals surface area (Å²) in [6.45, 7) is 2.10. The van der Waals surface area contributed by atoms with Gasteiger partial charge in [0.2, 0.25) is 0 Å². The van der Waals surface area contributed by atoms with Gasteiger partial charge in [-0.15, -0.1) is 0 Å². The molecule has 0 radical (unpaired) electrons. The van der Waals surface area contributed by atoms with Gasteiger partial charge in [-0.05, 0) is 25.8 Å². The molecule has 1 aliphatic carbocycles. The predicted octanol–water partition coefficient (Wildman–Crippen LogP) is 3.95. The quantitative estimate of drug-likeness (QED) is 0.883. The third-order valence-corrected chi connectivity index (χ3v) is 4.00. The molecule has 3 nitrogen and oxygen atoms in total. The molecule has 1 saturated carbocycles. The highest BCUT2D eigenvalue weighted by Crippen LogP contribution is 2.31. The van der Waals surface area contributed by atoms with E-state index in [-0.39, 0.29) is 0 Å². The van der Waals surface area contributed by atoms with Crippen LogP contribution in [0.5, 0.6) is 0 Å². The van der Waals surface area contributed by atoms with Crippen LogP contribution in [0.25, 0.3) is 11.3 Å². The Morgan fingerprint density at radius 3 is 2.68 bits per heavy atom. The summed E-state index contributed by atoms with van der Waals surface area (Å²) in [5, 5.41) is 4.74. The van der Waals surface area contributed by atoms with Crippen molar-refractivity contribution in [1.29, 1.82) is 0 Å². The lowest BCUT2D eigenvalue weighted by Gasteiger charge is -2.22. The van der Waals surface area contributed by atoms with Crippen LogP contribution in [0.1, 0.15) is 43.7 Å². The second-order valence-electron chi connectivity index (χ2n) is 5.56. The van der Waals surface area contributed by atoms with E-state index in [1.807, 2.05) is 10.7 Å². The van der Waals surface area contributed by atoms with Gasteiger partial charge >= 0.3 is 0 Å². The van der Waals surface area contributed by atoms with Gasteiger partial charge in [0.05, 0.1) is 11.7 Å². The number of hydrogen-bond acceptors (Lipinski definition) is 2. The summed E-state index contributed by atoms with van der Waals surface area (Å²) in [6, 6.07) is 10.9. The van der Waals surface area contributed by atoms with Gasteiger partial charge in [-0.1, -0.05) is 43.0 Å². The van der Waals surface area contributed by atoms with Gasteiger partial charge in [0.1, 0.15) is 5.82 Å². The molecule has 3 heteroatoms. The minimum atomic E-state index is 0.493. The van der Waals surface area contributed by atoms with Crippen molar-refractivity contribution in [3.8, 4) is 11.3 Å². The SMILES string of the molecule is Cc1cccc(-c2cc(N)n(C3CCCCC3)n2)c1. The highest BCUT2D eigenvalue weighted by atomic mass is 15.3. The maximum Gasteiger partial charge on any atom is 0.122 e.